The van der Waals surface area contributed by atoms with Crippen molar-refractivity contribution in [2.24, 2.45) is 0 Å². The highest BCUT2D eigenvalue weighted by Gasteiger charge is 2.10. The normalized spacial score (nSPS) is 11.0. The van der Waals surface area contributed by atoms with Crippen LogP contribution in [-0.4, -0.2) is 24.4 Å². The SMILES string of the molecule is CN(CC(=O)Nc1cccc2ccccc12)Cc1ccco1. The maximum atomic E-state index is 12.2. The molecule has 1 heterocycles. The minimum Gasteiger partial charge on any atom is -0.468 e. The maximum absolute atomic E-state index is 12.2. The van der Waals surface area contributed by atoms with E-state index in [1.54, 1.807) is 6.26 Å². The van der Waals surface area contributed by atoms with Gasteiger partial charge in [0, 0.05) is 11.1 Å². The molecule has 0 spiro atoms. The number of benzene rings is 2. The molecule has 0 saturated carbocycles. The Labute approximate surface area is 129 Å². The van der Waals surface area contributed by atoms with Gasteiger partial charge in [-0.05, 0) is 30.6 Å². The summed E-state index contributed by atoms with van der Waals surface area (Å²) in [5.41, 5.74) is 0.842. The molecule has 0 aliphatic rings. The van der Waals surface area contributed by atoms with E-state index in [0.29, 0.717) is 13.1 Å². The number of anilines is 1. The van der Waals surface area contributed by atoms with E-state index in [9.17, 15) is 4.79 Å². The van der Waals surface area contributed by atoms with Crippen LogP contribution < -0.4 is 5.32 Å². The van der Waals surface area contributed by atoms with Gasteiger partial charge >= 0.3 is 0 Å². The number of rotatable bonds is 5. The van der Waals surface area contributed by atoms with Gasteiger partial charge < -0.3 is 9.73 Å². The highest BCUT2D eigenvalue weighted by Crippen LogP contribution is 2.22. The summed E-state index contributed by atoms with van der Waals surface area (Å²) in [6.45, 7) is 0.917. The van der Waals surface area contributed by atoms with Crippen LogP contribution in [0, 0.1) is 0 Å². The predicted molar refractivity (Wildman–Crippen MR) is 87.6 cm³/mol. The number of fused-ring (bicyclic) bond motifs is 1. The summed E-state index contributed by atoms with van der Waals surface area (Å²) < 4.78 is 5.29. The first-order valence-corrected chi connectivity index (χ1v) is 7.21. The summed E-state index contributed by atoms with van der Waals surface area (Å²) in [5, 5.41) is 5.15. The number of hydrogen-bond donors (Lipinski definition) is 1. The lowest BCUT2D eigenvalue weighted by Crippen LogP contribution is -2.29. The zero-order chi connectivity index (χ0) is 15.4. The molecule has 3 aromatic rings. The van der Waals surface area contributed by atoms with Crippen molar-refractivity contribution in [3.05, 3.63) is 66.6 Å². The van der Waals surface area contributed by atoms with Gasteiger partial charge in [0.2, 0.25) is 5.91 Å². The molecular formula is C18H18N2O2. The van der Waals surface area contributed by atoms with Gasteiger partial charge in [0.25, 0.3) is 0 Å². The van der Waals surface area contributed by atoms with E-state index >= 15 is 0 Å². The Balaban J connectivity index is 1.65. The molecule has 2 aromatic carbocycles. The number of likely N-dealkylation sites (N-methyl/N-ethyl adjacent to an activating group) is 1. The molecule has 3 rings (SSSR count). The number of hydrogen-bond acceptors (Lipinski definition) is 3. The molecule has 0 unspecified atom stereocenters. The molecule has 1 N–H and O–H groups in total. The molecule has 0 saturated heterocycles. The Kier molecular flexibility index (Phi) is 4.21. The first kappa shape index (κ1) is 14.4. The molecule has 4 nitrogen and oxygen atoms in total. The lowest BCUT2D eigenvalue weighted by atomic mass is 10.1. The summed E-state index contributed by atoms with van der Waals surface area (Å²) in [4.78, 5) is 14.1. The largest absolute Gasteiger partial charge is 0.468 e. The van der Waals surface area contributed by atoms with E-state index in [0.717, 1.165) is 22.2 Å². The molecule has 1 amide bonds. The second-order valence-electron chi connectivity index (χ2n) is 5.33. The third-order valence-corrected chi connectivity index (χ3v) is 3.48. The molecule has 0 bridgehead atoms. The molecule has 0 atom stereocenters. The zero-order valence-electron chi connectivity index (χ0n) is 12.5. The Morgan fingerprint density at radius 1 is 1.09 bits per heavy atom. The average molecular weight is 294 g/mol. The summed E-state index contributed by atoms with van der Waals surface area (Å²) in [7, 11) is 1.89. The maximum Gasteiger partial charge on any atom is 0.238 e. The fourth-order valence-corrected chi connectivity index (χ4v) is 2.49. The van der Waals surface area contributed by atoms with Crippen molar-refractivity contribution in [1.29, 1.82) is 0 Å². The van der Waals surface area contributed by atoms with Crippen LogP contribution in [0.15, 0.2) is 65.3 Å². The van der Waals surface area contributed by atoms with Crippen molar-refractivity contribution >= 4 is 22.4 Å². The Bertz CT molecular complexity index is 760. The average Bonchev–Trinajstić information content (AvgIpc) is 3.00. The van der Waals surface area contributed by atoms with E-state index in [4.69, 9.17) is 4.42 Å². The molecule has 0 aliphatic carbocycles. The van der Waals surface area contributed by atoms with Gasteiger partial charge in [-0.15, -0.1) is 0 Å². The molecule has 0 radical (unpaired) electrons. The van der Waals surface area contributed by atoms with E-state index in [2.05, 4.69) is 5.32 Å². The Hall–Kier alpha value is -2.59. The molecule has 1 aromatic heterocycles. The first-order chi connectivity index (χ1) is 10.7. The quantitative estimate of drug-likeness (QED) is 0.783. The van der Waals surface area contributed by atoms with Crippen molar-refractivity contribution in [1.82, 2.24) is 4.90 Å². The van der Waals surface area contributed by atoms with Gasteiger partial charge in [-0.2, -0.15) is 0 Å². The summed E-state index contributed by atoms with van der Waals surface area (Å²) in [6, 6.07) is 17.7. The van der Waals surface area contributed by atoms with Gasteiger partial charge in [-0.3, -0.25) is 9.69 Å². The Morgan fingerprint density at radius 3 is 2.73 bits per heavy atom. The minimum absolute atomic E-state index is 0.0367. The molecule has 4 heteroatoms. The van der Waals surface area contributed by atoms with Crippen LogP contribution in [0.2, 0.25) is 0 Å². The van der Waals surface area contributed by atoms with Gasteiger partial charge in [0.15, 0.2) is 0 Å². The van der Waals surface area contributed by atoms with Gasteiger partial charge in [0.05, 0.1) is 19.4 Å². The second-order valence-corrected chi connectivity index (χ2v) is 5.33. The summed E-state index contributed by atoms with van der Waals surface area (Å²) in [6.07, 6.45) is 1.64. The molecule has 0 fully saturated rings. The lowest BCUT2D eigenvalue weighted by molar-refractivity contribution is -0.117. The minimum atomic E-state index is -0.0367. The van der Waals surface area contributed by atoms with Crippen molar-refractivity contribution in [2.45, 2.75) is 6.54 Å². The van der Waals surface area contributed by atoms with E-state index in [-0.39, 0.29) is 5.91 Å². The monoisotopic (exact) mass is 294 g/mol. The second kappa shape index (κ2) is 6.45. The summed E-state index contributed by atoms with van der Waals surface area (Å²) >= 11 is 0. The summed E-state index contributed by atoms with van der Waals surface area (Å²) in [5.74, 6) is 0.811. The third-order valence-electron chi connectivity index (χ3n) is 3.48. The van der Waals surface area contributed by atoms with Crippen LogP contribution >= 0.6 is 0 Å². The van der Waals surface area contributed by atoms with E-state index in [1.165, 1.54) is 0 Å². The van der Waals surface area contributed by atoms with Crippen molar-refractivity contribution in [3.63, 3.8) is 0 Å². The number of amides is 1. The fraction of sp³-hybridized carbons (Fsp3) is 0.167. The number of carbonyl (C=O) groups is 1. The number of carbonyl (C=O) groups excluding carboxylic acids is 1. The first-order valence-electron chi connectivity index (χ1n) is 7.21. The van der Waals surface area contributed by atoms with Gasteiger partial charge in [-0.1, -0.05) is 36.4 Å². The van der Waals surface area contributed by atoms with Crippen LogP contribution in [-0.2, 0) is 11.3 Å². The predicted octanol–water partition coefficient (Wildman–Crippen LogP) is 3.50. The molecular weight excluding hydrogens is 276 g/mol. The topological polar surface area (TPSA) is 45.5 Å². The van der Waals surface area contributed by atoms with Crippen LogP contribution in [0.1, 0.15) is 5.76 Å². The van der Waals surface area contributed by atoms with Crippen LogP contribution in [0.4, 0.5) is 5.69 Å². The lowest BCUT2D eigenvalue weighted by Gasteiger charge is -2.15. The number of furan rings is 1. The standard InChI is InChI=1S/C18H18N2O2/c1-20(12-15-8-5-11-22-15)13-18(21)19-17-10-4-7-14-6-2-3-9-16(14)17/h2-11H,12-13H2,1H3,(H,19,21). The van der Waals surface area contributed by atoms with Crippen molar-refractivity contribution in [2.75, 3.05) is 18.9 Å². The highest BCUT2D eigenvalue weighted by molar-refractivity contribution is 6.02. The van der Waals surface area contributed by atoms with Crippen LogP contribution in [0.3, 0.4) is 0 Å². The van der Waals surface area contributed by atoms with Crippen molar-refractivity contribution < 1.29 is 9.21 Å². The van der Waals surface area contributed by atoms with Gasteiger partial charge in [0.1, 0.15) is 5.76 Å². The van der Waals surface area contributed by atoms with E-state index in [1.807, 2.05) is 66.5 Å². The fourth-order valence-electron chi connectivity index (χ4n) is 2.49. The molecule has 22 heavy (non-hydrogen) atoms. The third kappa shape index (κ3) is 3.35. The zero-order valence-corrected chi connectivity index (χ0v) is 12.5. The highest BCUT2D eigenvalue weighted by atomic mass is 16.3. The smallest absolute Gasteiger partial charge is 0.238 e. The van der Waals surface area contributed by atoms with E-state index < -0.39 is 0 Å². The van der Waals surface area contributed by atoms with Crippen LogP contribution in [0.5, 0.6) is 0 Å². The number of nitrogens with one attached hydrogen (secondary N) is 1. The molecule has 112 valence electrons. The Morgan fingerprint density at radius 2 is 1.91 bits per heavy atom. The molecule has 0 aliphatic heterocycles. The van der Waals surface area contributed by atoms with Gasteiger partial charge in [-0.25, -0.2) is 0 Å². The number of nitrogens with zero attached hydrogens (tertiary/aromatic N) is 1. The van der Waals surface area contributed by atoms with Crippen LogP contribution in [0.25, 0.3) is 10.8 Å². The van der Waals surface area contributed by atoms with Crippen molar-refractivity contribution in [3.8, 4) is 0 Å².